The number of carbonyl (C=O) groups is 1. The molecule has 2 amide bonds. The molecular weight excluding hydrogens is 327 g/mol. The summed E-state index contributed by atoms with van der Waals surface area (Å²) in [6.45, 7) is 12.6. The Bertz CT molecular complexity index is 714. The predicted octanol–water partition coefficient (Wildman–Crippen LogP) is 3.51. The van der Waals surface area contributed by atoms with E-state index in [-0.39, 0.29) is 24.4 Å². The second kappa shape index (κ2) is 6.74. The summed E-state index contributed by atoms with van der Waals surface area (Å²) in [5, 5.41) is 0. The highest BCUT2D eigenvalue weighted by Crippen LogP contribution is 2.37. The van der Waals surface area contributed by atoms with Gasteiger partial charge in [0.2, 0.25) is 0 Å². The lowest BCUT2D eigenvalue weighted by Gasteiger charge is -2.32. The first-order chi connectivity index (χ1) is 12.1. The molecule has 6 heteroatoms. The highest BCUT2D eigenvalue weighted by atomic mass is 16.7. The number of carbonyl (C=O) groups excluding carboxylic acids is 1. The van der Waals surface area contributed by atoms with Gasteiger partial charge in [-0.25, -0.2) is 4.79 Å². The minimum atomic E-state index is -0.335. The lowest BCUT2D eigenvalue weighted by Crippen LogP contribution is -2.41. The average molecular weight is 356 g/mol. The van der Waals surface area contributed by atoms with Gasteiger partial charge < -0.3 is 19.1 Å². The Morgan fingerprint density at radius 2 is 1.81 bits per heavy atom. The van der Waals surface area contributed by atoms with Gasteiger partial charge in [0.05, 0.1) is 11.2 Å². The molecule has 0 radical (unpaired) electrons. The van der Waals surface area contributed by atoms with E-state index in [1.165, 1.54) is 11.1 Å². The molecule has 3 rings (SSSR count). The van der Waals surface area contributed by atoms with Crippen LogP contribution in [0, 0.1) is 6.92 Å². The van der Waals surface area contributed by atoms with Gasteiger partial charge in [-0.05, 0) is 51.3 Å². The molecule has 2 aliphatic heterocycles. The van der Waals surface area contributed by atoms with Crippen LogP contribution < -0.4 is 0 Å². The average Bonchev–Trinajstić information content (AvgIpc) is 2.96. The molecule has 0 aromatic heterocycles. The second-order valence-corrected chi connectivity index (χ2v) is 8.30. The van der Waals surface area contributed by atoms with Gasteiger partial charge in [0.25, 0.3) is 0 Å². The molecule has 0 N–H and O–H groups in total. The van der Waals surface area contributed by atoms with Crippen LogP contribution in [0.1, 0.15) is 44.4 Å². The van der Waals surface area contributed by atoms with E-state index in [1.807, 2.05) is 24.0 Å². The number of hydrogen-bond donors (Lipinski definition) is 0. The third-order valence-electron chi connectivity index (χ3n) is 5.75. The van der Waals surface area contributed by atoms with Crippen LogP contribution in [0.15, 0.2) is 24.2 Å². The van der Waals surface area contributed by atoms with Gasteiger partial charge in [-0.2, -0.15) is 0 Å². The van der Waals surface area contributed by atoms with Crippen molar-refractivity contribution in [2.24, 2.45) is 0 Å². The fourth-order valence-corrected chi connectivity index (χ4v) is 3.21. The van der Waals surface area contributed by atoms with Gasteiger partial charge in [-0.15, -0.1) is 0 Å². The Balaban J connectivity index is 1.66. The summed E-state index contributed by atoms with van der Waals surface area (Å²) in [6.07, 6.45) is 2.04. The lowest BCUT2D eigenvalue weighted by atomic mass is 9.89. The summed E-state index contributed by atoms with van der Waals surface area (Å²) >= 11 is 0. The molecule has 0 atom stereocenters. The summed E-state index contributed by atoms with van der Waals surface area (Å²) in [5.74, 6) is 1.96. The van der Waals surface area contributed by atoms with Crippen LogP contribution >= 0.6 is 0 Å². The smallest absolute Gasteiger partial charge is 0.400 e. The molecule has 2 heterocycles. The minimum absolute atomic E-state index is 0.106. The van der Waals surface area contributed by atoms with Crippen molar-refractivity contribution in [1.82, 2.24) is 9.80 Å². The molecule has 2 fully saturated rings. The van der Waals surface area contributed by atoms with Crippen molar-refractivity contribution in [3.63, 3.8) is 0 Å². The topological polar surface area (TPSA) is 42.0 Å². The normalized spacial score (nSPS) is 22.1. The van der Waals surface area contributed by atoms with Crippen LogP contribution in [0.2, 0.25) is 0 Å². The predicted molar refractivity (Wildman–Crippen MR) is 105 cm³/mol. The van der Waals surface area contributed by atoms with Gasteiger partial charge in [0, 0.05) is 26.7 Å². The molecule has 0 unspecified atom stereocenters. The third kappa shape index (κ3) is 3.67. The van der Waals surface area contributed by atoms with Crippen molar-refractivity contribution in [1.29, 1.82) is 0 Å². The maximum atomic E-state index is 12.1. The van der Waals surface area contributed by atoms with Gasteiger partial charge in [-0.3, -0.25) is 0 Å². The zero-order valence-corrected chi connectivity index (χ0v) is 16.7. The Morgan fingerprint density at radius 1 is 1.15 bits per heavy atom. The molecule has 0 spiro atoms. The van der Waals surface area contributed by atoms with Crippen LogP contribution in [0.25, 0.3) is 6.08 Å². The molecule has 1 aromatic carbocycles. The number of nitrogens with zero attached hydrogens (tertiary/aromatic N) is 2. The Kier molecular flexibility index (Phi) is 4.93. The maximum absolute atomic E-state index is 12.1. The molecular formula is C20H29BN2O3. The van der Waals surface area contributed by atoms with Crippen LogP contribution in [0.4, 0.5) is 4.79 Å². The largest absolute Gasteiger partial charge is 0.487 e. The molecule has 5 nitrogen and oxygen atoms in total. The monoisotopic (exact) mass is 356 g/mol. The van der Waals surface area contributed by atoms with Gasteiger partial charge in [0.1, 0.15) is 0 Å². The van der Waals surface area contributed by atoms with Crippen LogP contribution in [-0.4, -0.2) is 54.3 Å². The number of likely N-dealkylation sites (N-methyl/N-ethyl adjacent to an activating group) is 1. The highest BCUT2D eigenvalue weighted by Gasteiger charge is 2.49. The standard InChI is InChI=1S/C20H29BN2O3/c1-15-13-16(9-10-21-25-19(2,3)20(4,5)26-21)7-8-17(15)14-23-12-11-22(6)18(23)24/h7-10,13H,11-12,14H2,1-6H3/b10-9+. The van der Waals surface area contributed by atoms with E-state index < -0.39 is 0 Å². The van der Waals surface area contributed by atoms with E-state index in [1.54, 1.807) is 4.90 Å². The van der Waals surface area contributed by atoms with E-state index in [0.717, 1.165) is 18.7 Å². The number of aryl methyl sites for hydroxylation is 1. The van der Waals surface area contributed by atoms with E-state index in [9.17, 15) is 4.79 Å². The quantitative estimate of drug-likeness (QED) is 0.776. The fraction of sp³-hybridized carbons (Fsp3) is 0.550. The van der Waals surface area contributed by atoms with Gasteiger partial charge >= 0.3 is 13.1 Å². The third-order valence-corrected chi connectivity index (χ3v) is 5.75. The SMILES string of the molecule is Cc1cc(/C=C/B2OC(C)(C)C(C)(C)O2)ccc1CN1CCN(C)C1=O. The number of benzene rings is 1. The summed E-state index contributed by atoms with van der Waals surface area (Å²) < 4.78 is 12.0. The molecule has 2 aliphatic rings. The van der Waals surface area contributed by atoms with Crippen molar-refractivity contribution < 1.29 is 14.1 Å². The summed E-state index contributed by atoms with van der Waals surface area (Å²) in [5.41, 5.74) is 2.82. The number of urea groups is 1. The van der Waals surface area contributed by atoms with E-state index in [2.05, 4.69) is 52.8 Å². The fourth-order valence-electron chi connectivity index (χ4n) is 3.21. The Labute approximate surface area is 157 Å². The number of hydrogen-bond acceptors (Lipinski definition) is 3. The van der Waals surface area contributed by atoms with Crippen LogP contribution in [-0.2, 0) is 15.9 Å². The summed E-state index contributed by atoms with van der Waals surface area (Å²) in [4.78, 5) is 15.7. The van der Waals surface area contributed by atoms with Crippen molar-refractivity contribution in [3.05, 3.63) is 40.9 Å². The first-order valence-electron chi connectivity index (χ1n) is 9.22. The molecule has 26 heavy (non-hydrogen) atoms. The first-order valence-corrected chi connectivity index (χ1v) is 9.22. The van der Waals surface area contributed by atoms with Crippen molar-refractivity contribution in [3.8, 4) is 0 Å². The number of amides is 2. The molecule has 140 valence electrons. The Hall–Kier alpha value is -1.79. The van der Waals surface area contributed by atoms with Crippen molar-refractivity contribution in [2.75, 3.05) is 20.1 Å². The van der Waals surface area contributed by atoms with Crippen LogP contribution in [0.5, 0.6) is 0 Å². The lowest BCUT2D eigenvalue weighted by molar-refractivity contribution is 0.00578. The molecule has 1 aromatic rings. The molecule has 0 saturated carbocycles. The first kappa shape index (κ1) is 19.0. The van der Waals surface area contributed by atoms with Crippen LogP contribution in [0.3, 0.4) is 0 Å². The Morgan fingerprint density at radius 3 is 2.35 bits per heavy atom. The zero-order chi connectivity index (χ0) is 19.1. The molecule has 2 saturated heterocycles. The maximum Gasteiger partial charge on any atom is 0.487 e. The summed E-state index contributed by atoms with van der Waals surface area (Å²) in [6, 6.07) is 6.43. The minimum Gasteiger partial charge on any atom is -0.400 e. The zero-order valence-electron chi connectivity index (χ0n) is 16.7. The van der Waals surface area contributed by atoms with E-state index >= 15 is 0 Å². The van der Waals surface area contributed by atoms with Crippen molar-refractivity contribution in [2.45, 2.75) is 52.4 Å². The van der Waals surface area contributed by atoms with E-state index in [4.69, 9.17) is 9.31 Å². The number of rotatable bonds is 4. The molecule has 0 aliphatic carbocycles. The van der Waals surface area contributed by atoms with E-state index in [0.29, 0.717) is 6.54 Å². The van der Waals surface area contributed by atoms with Gasteiger partial charge in [-0.1, -0.05) is 30.3 Å². The highest BCUT2D eigenvalue weighted by molar-refractivity contribution is 6.52. The van der Waals surface area contributed by atoms with Crippen molar-refractivity contribution >= 4 is 19.2 Å². The second-order valence-electron chi connectivity index (χ2n) is 8.30. The molecule has 0 bridgehead atoms. The summed E-state index contributed by atoms with van der Waals surface area (Å²) in [7, 11) is 1.51. The van der Waals surface area contributed by atoms with Gasteiger partial charge in [0.15, 0.2) is 0 Å².